The molecular weight excluding hydrogens is 378 g/mol. The molecule has 2 N–H and O–H groups in total. The van der Waals surface area contributed by atoms with E-state index in [4.69, 9.17) is 18.9 Å². The van der Waals surface area contributed by atoms with Gasteiger partial charge in [-0.2, -0.15) is 0 Å². The molecule has 0 aliphatic carbocycles. The number of quaternary nitrogens is 1. The molecule has 1 heterocycles. The monoisotopic (exact) mass is 406 g/mol. The Morgan fingerprint density at radius 2 is 1.63 bits per heavy atom. The second-order valence-corrected chi connectivity index (χ2v) is 7.34. The zero-order chi connectivity index (χ0) is 20.8. The molecule has 0 aromatic heterocycles. The molecular formula is C25H28NO4+. The first-order valence-corrected chi connectivity index (χ1v) is 10.3. The third kappa shape index (κ3) is 4.52. The van der Waals surface area contributed by atoms with Crippen LogP contribution in [0.5, 0.6) is 23.0 Å². The van der Waals surface area contributed by atoms with Crippen LogP contribution in [0.1, 0.15) is 29.0 Å². The molecule has 0 saturated carbocycles. The lowest BCUT2D eigenvalue weighted by Crippen LogP contribution is -2.82. The zero-order valence-corrected chi connectivity index (χ0v) is 17.5. The van der Waals surface area contributed by atoms with Crippen molar-refractivity contribution in [1.82, 2.24) is 0 Å². The van der Waals surface area contributed by atoms with Crippen molar-refractivity contribution in [2.75, 3.05) is 27.6 Å². The maximum Gasteiger partial charge on any atom is 0.231 e. The number of ether oxygens (including phenoxy) is 4. The number of hydrogen-bond donors (Lipinski definition) is 1. The summed E-state index contributed by atoms with van der Waals surface area (Å²) in [5.41, 5.74) is 3.79. The largest absolute Gasteiger partial charge is 0.493 e. The fourth-order valence-corrected chi connectivity index (χ4v) is 3.90. The number of rotatable bonds is 9. The highest BCUT2D eigenvalue weighted by Crippen LogP contribution is 2.37. The fraction of sp³-hybridized carbons (Fsp3) is 0.280. The predicted molar refractivity (Wildman–Crippen MR) is 116 cm³/mol. The van der Waals surface area contributed by atoms with Crippen LogP contribution >= 0.6 is 0 Å². The number of benzene rings is 3. The Balaban J connectivity index is 1.43. The Kier molecular flexibility index (Phi) is 6.40. The van der Waals surface area contributed by atoms with Gasteiger partial charge in [-0.05, 0) is 41.5 Å². The smallest absolute Gasteiger partial charge is 0.231 e. The van der Waals surface area contributed by atoms with Gasteiger partial charge in [0.15, 0.2) is 23.0 Å². The van der Waals surface area contributed by atoms with Crippen LogP contribution in [0.25, 0.3) is 0 Å². The van der Waals surface area contributed by atoms with Gasteiger partial charge in [0.2, 0.25) is 6.79 Å². The van der Waals surface area contributed by atoms with Gasteiger partial charge in [0.05, 0.1) is 20.8 Å². The van der Waals surface area contributed by atoms with E-state index in [1.807, 2.05) is 18.2 Å². The molecule has 1 aliphatic heterocycles. The number of fused-ring (bicyclic) bond motifs is 1. The standard InChI is InChI=1S/C25H27NO4/c1-27-22-10-8-18(14-24(22)28-2)16-26-13-12-21(19-6-4-3-5-7-19)20-9-11-23-25(15-20)30-17-29-23/h3-11,14-15,21,26H,12-13,16-17H2,1-2H3/p+1/t21-/m0/s1. The number of hydrogen-bond acceptors (Lipinski definition) is 4. The van der Waals surface area contributed by atoms with Gasteiger partial charge in [0.1, 0.15) is 6.54 Å². The van der Waals surface area contributed by atoms with Crippen molar-refractivity contribution in [3.63, 3.8) is 0 Å². The molecule has 0 amide bonds. The van der Waals surface area contributed by atoms with Crippen LogP contribution in [0.3, 0.4) is 0 Å². The van der Waals surface area contributed by atoms with Gasteiger partial charge in [0.25, 0.3) is 0 Å². The third-order valence-corrected chi connectivity index (χ3v) is 5.49. The van der Waals surface area contributed by atoms with Crippen molar-refractivity contribution in [1.29, 1.82) is 0 Å². The van der Waals surface area contributed by atoms with Gasteiger partial charge in [-0.1, -0.05) is 36.4 Å². The minimum atomic E-state index is 0.299. The molecule has 3 aromatic rings. The normalized spacial score (nSPS) is 13.1. The van der Waals surface area contributed by atoms with Gasteiger partial charge >= 0.3 is 0 Å². The van der Waals surface area contributed by atoms with Crippen molar-refractivity contribution in [2.24, 2.45) is 0 Å². The highest BCUT2D eigenvalue weighted by atomic mass is 16.7. The minimum Gasteiger partial charge on any atom is -0.493 e. The van der Waals surface area contributed by atoms with Crippen molar-refractivity contribution < 1.29 is 24.3 Å². The van der Waals surface area contributed by atoms with Gasteiger partial charge < -0.3 is 24.3 Å². The average Bonchev–Trinajstić information content (AvgIpc) is 3.27. The lowest BCUT2D eigenvalue weighted by atomic mass is 9.88. The Morgan fingerprint density at radius 3 is 2.43 bits per heavy atom. The first-order chi connectivity index (χ1) is 14.8. The minimum absolute atomic E-state index is 0.299. The van der Waals surface area contributed by atoms with E-state index in [2.05, 4.69) is 53.8 Å². The second kappa shape index (κ2) is 9.55. The molecule has 0 spiro atoms. The molecule has 0 unspecified atom stereocenters. The van der Waals surface area contributed by atoms with E-state index in [0.717, 1.165) is 42.5 Å². The molecule has 5 nitrogen and oxygen atoms in total. The number of nitrogens with two attached hydrogens (primary N) is 1. The van der Waals surface area contributed by atoms with Crippen LogP contribution in [-0.4, -0.2) is 27.6 Å². The van der Waals surface area contributed by atoms with Crippen LogP contribution in [0.2, 0.25) is 0 Å². The second-order valence-electron chi connectivity index (χ2n) is 7.34. The lowest BCUT2D eigenvalue weighted by Gasteiger charge is -2.18. The molecule has 5 heteroatoms. The van der Waals surface area contributed by atoms with E-state index in [-0.39, 0.29) is 0 Å². The van der Waals surface area contributed by atoms with Crippen LogP contribution < -0.4 is 24.3 Å². The first kappa shape index (κ1) is 20.1. The summed E-state index contributed by atoms with van der Waals surface area (Å²) in [4.78, 5) is 0. The Hall–Kier alpha value is -3.18. The van der Waals surface area contributed by atoms with E-state index in [0.29, 0.717) is 12.7 Å². The predicted octanol–water partition coefficient (Wildman–Crippen LogP) is 3.72. The van der Waals surface area contributed by atoms with Gasteiger partial charge in [0, 0.05) is 17.9 Å². The summed E-state index contributed by atoms with van der Waals surface area (Å²) < 4.78 is 21.8. The summed E-state index contributed by atoms with van der Waals surface area (Å²) in [5.74, 6) is 3.50. The summed E-state index contributed by atoms with van der Waals surface area (Å²) >= 11 is 0. The molecule has 0 saturated heterocycles. The third-order valence-electron chi connectivity index (χ3n) is 5.49. The van der Waals surface area contributed by atoms with Crippen LogP contribution in [-0.2, 0) is 6.54 Å². The fourth-order valence-electron chi connectivity index (χ4n) is 3.90. The first-order valence-electron chi connectivity index (χ1n) is 10.3. The van der Waals surface area contributed by atoms with Crippen LogP contribution in [0.15, 0.2) is 66.7 Å². The van der Waals surface area contributed by atoms with Gasteiger partial charge in [-0.25, -0.2) is 0 Å². The van der Waals surface area contributed by atoms with E-state index in [1.54, 1.807) is 14.2 Å². The Labute approximate surface area is 177 Å². The van der Waals surface area contributed by atoms with Gasteiger partial charge in [-0.3, -0.25) is 0 Å². The van der Waals surface area contributed by atoms with E-state index >= 15 is 0 Å². The Morgan fingerprint density at radius 1 is 0.833 bits per heavy atom. The summed E-state index contributed by atoms with van der Waals surface area (Å²) in [7, 11) is 3.32. The highest BCUT2D eigenvalue weighted by Gasteiger charge is 2.20. The molecule has 0 radical (unpaired) electrons. The average molecular weight is 407 g/mol. The van der Waals surface area contributed by atoms with Crippen molar-refractivity contribution in [3.05, 3.63) is 83.4 Å². The van der Waals surface area contributed by atoms with Crippen molar-refractivity contribution >= 4 is 0 Å². The number of methoxy groups -OCH3 is 2. The van der Waals surface area contributed by atoms with Crippen LogP contribution in [0.4, 0.5) is 0 Å². The quantitative estimate of drug-likeness (QED) is 0.551. The maximum absolute atomic E-state index is 5.60. The van der Waals surface area contributed by atoms with Crippen LogP contribution in [0, 0.1) is 0 Å². The molecule has 4 rings (SSSR count). The Bertz CT molecular complexity index is 974. The molecule has 1 aliphatic rings. The van der Waals surface area contributed by atoms with Gasteiger partial charge in [-0.15, -0.1) is 0 Å². The van der Waals surface area contributed by atoms with E-state index < -0.39 is 0 Å². The topological polar surface area (TPSA) is 53.5 Å². The summed E-state index contributed by atoms with van der Waals surface area (Å²) in [6.07, 6.45) is 1.02. The molecule has 1 atom stereocenters. The molecule has 3 aromatic carbocycles. The summed E-state index contributed by atoms with van der Waals surface area (Å²) in [5, 5.41) is 2.34. The molecule has 30 heavy (non-hydrogen) atoms. The highest BCUT2D eigenvalue weighted by molar-refractivity contribution is 5.47. The summed E-state index contributed by atoms with van der Waals surface area (Å²) in [6.45, 7) is 2.19. The SMILES string of the molecule is COc1ccc(C[NH2+]CC[C@@H](c2ccccc2)c2ccc3c(c2)OCO3)cc1OC. The maximum atomic E-state index is 5.60. The molecule has 0 fully saturated rings. The zero-order valence-electron chi connectivity index (χ0n) is 17.5. The lowest BCUT2D eigenvalue weighted by molar-refractivity contribution is -0.671. The summed E-state index contributed by atoms with van der Waals surface area (Å²) in [6, 6.07) is 23.0. The van der Waals surface area contributed by atoms with E-state index in [9.17, 15) is 0 Å². The molecule has 0 bridgehead atoms. The van der Waals surface area contributed by atoms with E-state index in [1.165, 1.54) is 16.7 Å². The van der Waals surface area contributed by atoms with Crippen molar-refractivity contribution in [2.45, 2.75) is 18.9 Å². The van der Waals surface area contributed by atoms with Crippen molar-refractivity contribution in [3.8, 4) is 23.0 Å². The molecule has 156 valence electrons.